The van der Waals surface area contributed by atoms with Gasteiger partial charge in [0.1, 0.15) is 11.3 Å². The van der Waals surface area contributed by atoms with Crippen LogP contribution in [0.25, 0.3) is 77.9 Å². The fraction of sp³-hybridized carbons (Fsp3) is 0. The van der Waals surface area contributed by atoms with Crippen molar-refractivity contribution in [1.82, 2.24) is 0 Å². The van der Waals surface area contributed by atoms with E-state index in [-0.39, 0.29) is 0 Å². The van der Waals surface area contributed by atoms with Gasteiger partial charge >= 0.3 is 0 Å². The van der Waals surface area contributed by atoms with Gasteiger partial charge in [-0.1, -0.05) is 194 Å². The zero-order chi connectivity index (χ0) is 38.7. The summed E-state index contributed by atoms with van der Waals surface area (Å²) in [6, 6.07) is 84.3. The average Bonchev–Trinajstić information content (AvgIpc) is 3.75. The highest BCUT2D eigenvalue weighted by Gasteiger charge is 2.20. The number of para-hydroxylation sites is 3. The molecule has 0 fully saturated rings. The Morgan fingerprint density at radius 3 is 1.29 bits per heavy atom. The van der Waals surface area contributed by atoms with Crippen molar-refractivity contribution in [2.75, 3.05) is 4.90 Å². The number of fused-ring (bicyclic) bond motifs is 1. The molecule has 0 bridgehead atoms. The topological polar surface area (TPSA) is 16.4 Å². The standard InChI is InChI=1S/C56H39NO/c1-3-14-40(15-4-1)41-30-32-46(33-31-41)52-22-9-11-24-54(52)57(53-23-10-8-21-51(53)45-16-5-2-6-17-45)50-36-34-43(35-37-50)42-26-28-44(29-27-42)47-19-13-20-48(38-47)56-39-49-18-7-12-25-55(49)58-56/h1-39H. The van der Waals surface area contributed by atoms with E-state index >= 15 is 0 Å². The molecule has 0 N–H and O–H groups in total. The summed E-state index contributed by atoms with van der Waals surface area (Å²) in [6.45, 7) is 0. The first-order valence-electron chi connectivity index (χ1n) is 19.7. The van der Waals surface area contributed by atoms with E-state index in [0.717, 1.165) is 67.2 Å². The molecular weight excluding hydrogens is 703 g/mol. The summed E-state index contributed by atoms with van der Waals surface area (Å²) >= 11 is 0. The third-order valence-corrected chi connectivity index (χ3v) is 10.9. The molecule has 0 aliphatic carbocycles. The average molecular weight is 742 g/mol. The number of hydrogen-bond acceptors (Lipinski definition) is 2. The van der Waals surface area contributed by atoms with Gasteiger partial charge in [-0.05, 0) is 87.0 Å². The fourth-order valence-corrected chi connectivity index (χ4v) is 7.96. The molecule has 58 heavy (non-hydrogen) atoms. The van der Waals surface area contributed by atoms with Crippen LogP contribution in [0, 0.1) is 0 Å². The molecule has 0 amide bonds. The van der Waals surface area contributed by atoms with Crippen molar-refractivity contribution in [3.05, 3.63) is 237 Å². The van der Waals surface area contributed by atoms with Gasteiger partial charge in [0.2, 0.25) is 0 Å². The lowest BCUT2D eigenvalue weighted by atomic mass is 9.96. The molecule has 10 aromatic rings. The molecule has 2 heteroatoms. The number of furan rings is 1. The number of benzene rings is 9. The van der Waals surface area contributed by atoms with E-state index in [1.54, 1.807) is 0 Å². The van der Waals surface area contributed by atoms with Gasteiger partial charge in [0.25, 0.3) is 0 Å². The van der Waals surface area contributed by atoms with Crippen LogP contribution >= 0.6 is 0 Å². The van der Waals surface area contributed by atoms with Gasteiger partial charge < -0.3 is 9.32 Å². The minimum Gasteiger partial charge on any atom is -0.456 e. The lowest BCUT2D eigenvalue weighted by Crippen LogP contribution is -2.12. The summed E-state index contributed by atoms with van der Waals surface area (Å²) in [6.07, 6.45) is 0. The molecule has 0 aliphatic rings. The maximum atomic E-state index is 6.18. The van der Waals surface area contributed by atoms with Gasteiger partial charge in [-0.15, -0.1) is 0 Å². The maximum absolute atomic E-state index is 6.18. The Bertz CT molecular complexity index is 2930. The summed E-state index contributed by atoms with van der Waals surface area (Å²) in [7, 11) is 0. The van der Waals surface area contributed by atoms with Crippen molar-refractivity contribution >= 4 is 28.0 Å². The van der Waals surface area contributed by atoms with Crippen molar-refractivity contribution in [1.29, 1.82) is 0 Å². The van der Waals surface area contributed by atoms with Gasteiger partial charge in [0.05, 0.1) is 11.4 Å². The SMILES string of the molecule is c1ccc(-c2ccc(-c3ccccc3N(c3ccc(-c4ccc(-c5cccc(-c6cc7ccccc7o6)c5)cc4)cc3)c3ccccc3-c3ccccc3)cc2)cc1. The Hall–Kier alpha value is -7.68. The predicted molar refractivity (Wildman–Crippen MR) is 244 cm³/mol. The second kappa shape index (κ2) is 15.5. The van der Waals surface area contributed by atoms with E-state index in [4.69, 9.17) is 4.42 Å². The van der Waals surface area contributed by atoms with Crippen molar-refractivity contribution < 1.29 is 4.42 Å². The molecule has 274 valence electrons. The van der Waals surface area contributed by atoms with E-state index in [2.05, 4.69) is 223 Å². The fourth-order valence-electron chi connectivity index (χ4n) is 7.96. The van der Waals surface area contributed by atoms with E-state index in [0.29, 0.717) is 0 Å². The summed E-state index contributed by atoms with van der Waals surface area (Å²) in [4.78, 5) is 2.41. The summed E-state index contributed by atoms with van der Waals surface area (Å²) < 4.78 is 6.18. The first-order valence-corrected chi connectivity index (χ1v) is 19.7. The van der Waals surface area contributed by atoms with Crippen LogP contribution in [0.4, 0.5) is 17.1 Å². The van der Waals surface area contributed by atoms with Gasteiger partial charge in [0, 0.05) is 27.8 Å². The van der Waals surface area contributed by atoms with Crippen LogP contribution in [0.2, 0.25) is 0 Å². The van der Waals surface area contributed by atoms with E-state index in [1.165, 1.54) is 27.8 Å². The molecule has 1 aromatic heterocycles. The van der Waals surface area contributed by atoms with E-state index < -0.39 is 0 Å². The molecule has 2 nitrogen and oxygen atoms in total. The van der Waals surface area contributed by atoms with Crippen molar-refractivity contribution in [3.8, 4) is 67.0 Å². The lowest BCUT2D eigenvalue weighted by Gasteiger charge is -2.30. The van der Waals surface area contributed by atoms with Crippen LogP contribution in [0.3, 0.4) is 0 Å². The Kier molecular flexibility index (Phi) is 9.27. The smallest absolute Gasteiger partial charge is 0.135 e. The Morgan fingerprint density at radius 1 is 0.276 bits per heavy atom. The zero-order valence-electron chi connectivity index (χ0n) is 31.9. The second-order valence-corrected chi connectivity index (χ2v) is 14.5. The number of rotatable bonds is 9. The summed E-state index contributed by atoms with van der Waals surface area (Å²) in [5.41, 5.74) is 17.0. The van der Waals surface area contributed by atoms with Gasteiger partial charge in [-0.3, -0.25) is 0 Å². The Labute approximate surface area is 339 Å². The molecule has 0 spiro atoms. The van der Waals surface area contributed by atoms with Crippen molar-refractivity contribution in [3.63, 3.8) is 0 Å². The third-order valence-electron chi connectivity index (χ3n) is 10.9. The number of nitrogens with zero attached hydrogens (tertiary/aromatic N) is 1. The monoisotopic (exact) mass is 741 g/mol. The van der Waals surface area contributed by atoms with E-state index in [9.17, 15) is 0 Å². The van der Waals surface area contributed by atoms with Gasteiger partial charge in [-0.2, -0.15) is 0 Å². The third kappa shape index (κ3) is 6.89. The predicted octanol–water partition coefficient (Wildman–Crippen LogP) is 15.9. The Morgan fingerprint density at radius 2 is 0.690 bits per heavy atom. The van der Waals surface area contributed by atoms with Crippen LogP contribution in [-0.4, -0.2) is 0 Å². The second-order valence-electron chi connectivity index (χ2n) is 14.5. The summed E-state index contributed by atoms with van der Waals surface area (Å²) in [5, 5.41) is 1.11. The van der Waals surface area contributed by atoms with Crippen LogP contribution in [0.15, 0.2) is 241 Å². The molecule has 0 unspecified atom stereocenters. The highest BCUT2D eigenvalue weighted by molar-refractivity contribution is 5.94. The van der Waals surface area contributed by atoms with Gasteiger partial charge in [-0.25, -0.2) is 0 Å². The quantitative estimate of drug-likeness (QED) is 0.146. The number of hydrogen-bond donors (Lipinski definition) is 0. The molecule has 0 saturated heterocycles. The molecule has 10 rings (SSSR count). The molecule has 1 heterocycles. The highest BCUT2D eigenvalue weighted by Crippen LogP contribution is 2.45. The maximum Gasteiger partial charge on any atom is 0.135 e. The summed E-state index contributed by atoms with van der Waals surface area (Å²) in [5.74, 6) is 0.879. The van der Waals surface area contributed by atoms with Crippen molar-refractivity contribution in [2.24, 2.45) is 0 Å². The molecule has 0 saturated carbocycles. The van der Waals surface area contributed by atoms with Crippen LogP contribution < -0.4 is 4.90 Å². The molecule has 9 aromatic carbocycles. The minimum absolute atomic E-state index is 0.879. The van der Waals surface area contributed by atoms with Crippen LogP contribution in [0.1, 0.15) is 0 Å². The van der Waals surface area contributed by atoms with Gasteiger partial charge in [0.15, 0.2) is 0 Å². The first kappa shape index (κ1) is 34.8. The van der Waals surface area contributed by atoms with E-state index in [1.807, 2.05) is 18.2 Å². The molecular formula is C56H39NO. The molecule has 0 radical (unpaired) electrons. The van der Waals surface area contributed by atoms with Crippen molar-refractivity contribution in [2.45, 2.75) is 0 Å². The Balaban J connectivity index is 1.00. The highest BCUT2D eigenvalue weighted by atomic mass is 16.3. The molecule has 0 aliphatic heterocycles. The van der Waals surface area contributed by atoms with Crippen LogP contribution in [-0.2, 0) is 0 Å². The molecule has 0 atom stereocenters. The van der Waals surface area contributed by atoms with Crippen LogP contribution in [0.5, 0.6) is 0 Å². The minimum atomic E-state index is 0.879. The number of anilines is 3. The largest absolute Gasteiger partial charge is 0.456 e. The first-order chi connectivity index (χ1) is 28.7. The normalized spacial score (nSPS) is 11.1. The zero-order valence-corrected chi connectivity index (χ0v) is 31.9. The lowest BCUT2D eigenvalue weighted by molar-refractivity contribution is 0.631.